The Balaban J connectivity index is 2.04. The number of hydrogen-bond donors (Lipinski definition) is 2. The molecule has 0 saturated carbocycles. The van der Waals surface area contributed by atoms with Crippen molar-refractivity contribution in [2.75, 3.05) is 34.5 Å². The Morgan fingerprint density at radius 2 is 2.04 bits per heavy atom. The third kappa shape index (κ3) is 5.55. The highest BCUT2D eigenvalue weighted by Gasteiger charge is 2.25. The van der Waals surface area contributed by atoms with Gasteiger partial charge in [0.1, 0.15) is 0 Å². The van der Waals surface area contributed by atoms with E-state index in [1.54, 1.807) is 7.11 Å². The van der Waals surface area contributed by atoms with Gasteiger partial charge in [-0.3, -0.25) is 9.59 Å². The van der Waals surface area contributed by atoms with Gasteiger partial charge < -0.3 is 19.2 Å². The first-order valence-electron chi connectivity index (χ1n) is 8.89. The number of aromatic nitrogens is 1. The number of nitrogens with zero attached hydrogens (tertiary/aromatic N) is 1. The summed E-state index contributed by atoms with van der Waals surface area (Å²) in [5, 5.41) is 2.19. The van der Waals surface area contributed by atoms with Crippen molar-refractivity contribution in [1.82, 2.24) is 15.4 Å². The number of methoxy groups -OCH3 is 3. The Morgan fingerprint density at radius 3 is 2.73 bits per heavy atom. The molecule has 1 aromatic heterocycles. The van der Waals surface area contributed by atoms with E-state index in [1.165, 1.54) is 14.2 Å². The molecule has 1 atom stereocenters. The number of H-pyrrole nitrogens is 1. The van der Waals surface area contributed by atoms with Gasteiger partial charge in [-0.25, -0.2) is 10.4 Å². The van der Waals surface area contributed by atoms with Gasteiger partial charge >= 0.3 is 11.9 Å². The van der Waals surface area contributed by atoms with Crippen LogP contribution in [0.15, 0.2) is 6.20 Å². The molecule has 0 aliphatic carbocycles. The topological polar surface area (TPSA) is 92.9 Å². The number of esters is 2. The number of nitrogens with one attached hydrogen (secondary N) is 2. The molecule has 2 heterocycles. The monoisotopic (exact) mass is 367 g/mol. The van der Waals surface area contributed by atoms with E-state index in [-0.39, 0.29) is 24.8 Å². The maximum absolute atomic E-state index is 11.8. The normalized spacial score (nSPS) is 17.4. The average Bonchev–Trinajstić information content (AvgIpc) is 3.25. The second-order valence-corrected chi connectivity index (χ2v) is 6.38. The van der Waals surface area contributed by atoms with E-state index in [1.807, 2.05) is 6.20 Å². The minimum absolute atomic E-state index is 0.176. The maximum atomic E-state index is 11.8. The van der Waals surface area contributed by atoms with Crippen LogP contribution in [0, 0.1) is 0 Å². The summed E-state index contributed by atoms with van der Waals surface area (Å²) >= 11 is 0. The molecule has 1 aromatic rings. The van der Waals surface area contributed by atoms with Crippen LogP contribution in [0.2, 0.25) is 0 Å². The maximum Gasteiger partial charge on any atom is 0.310 e. The molecule has 2 N–H and O–H groups in total. The minimum Gasteiger partial charge on any atom is -0.469 e. The van der Waals surface area contributed by atoms with Crippen LogP contribution in [0.1, 0.15) is 36.1 Å². The molecular weight excluding hydrogens is 338 g/mol. The van der Waals surface area contributed by atoms with E-state index in [9.17, 15) is 9.59 Å². The fraction of sp³-hybridized carbons (Fsp3) is 0.667. The van der Waals surface area contributed by atoms with Gasteiger partial charge in [-0.1, -0.05) is 0 Å². The molecule has 146 valence electrons. The molecule has 1 aliphatic rings. The fourth-order valence-electron chi connectivity index (χ4n) is 3.29. The zero-order valence-electron chi connectivity index (χ0n) is 15.8. The minimum atomic E-state index is -0.302. The Morgan fingerprint density at radius 1 is 1.27 bits per heavy atom. The van der Waals surface area contributed by atoms with Crippen molar-refractivity contribution < 1.29 is 23.8 Å². The van der Waals surface area contributed by atoms with Crippen LogP contribution in [0.4, 0.5) is 0 Å². The summed E-state index contributed by atoms with van der Waals surface area (Å²) in [7, 11) is 4.46. The number of hydrazine groups is 1. The van der Waals surface area contributed by atoms with Gasteiger partial charge in [0.05, 0.1) is 33.8 Å². The molecular formula is C18H29N3O5. The lowest BCUT2D eigenvalue weighted by Gasteiger charge is -2.24. The predicted octanol–water partition coefficient (Wildman–Crippen LogP) is 0.951. The SMILES string of the molecule is COC[C@@H]1CCCN1NCc1[nH]cc(CCC(=O)OC)c1CC(=O)OC. The average molecular weight is 367 g/mol. The van der Waals surface area contributed by atoms with Gasteiger partial charge in [-0.05, 0) is 30.4 Å². The smallest absolute Gasteiger partial charge is 0.310 e. The van der Waals surface area contributed by atoms with Crippen LogP contribution in [-0.2, 0) is 43.2 Å². The van der Waals surface area contributed by atoms with Crippen molar-refractivity contribution in [1.29, 1.82) is 0 Å². The summed E-state index contributed by atoms with van der Waals surface area (Å²) in [4.78, 5) is 26.5. The molecule has 0 aromatic carbocycles. The highest BCUT2D eigenvalue weighted by molar-refractivity contribution is 5.74. The van der Waals surface area contributed by atoms with Crippen LogP contribution in [0.5, 0.6) is 0 Å². The Kier molecular flexibility index (Phi) is 8.08. The molecule has 0 amide bonds. The highest BCUT2D eigenvalue weighted by atomic mass is 16.5. The third-order valence-electron chi connectivity index (χ3n) is 4.74. The highest BCUT2D eigenvalue weighted by Crippen LogP contribution is 2.20. The molecule has 0 spiro atoms. The second-order valence-electron chi connectivity index (χ2n) is 6.38. The van der Waals surface area contributed by atoms with Gasteiger partial charge in [0.25, 0.3) is 0 Å². The Labute approximate surface area is 154 Å². The van der Waals surface area contributed by atoms with E-state index in [4.69, 9.17) is 14.2 Å². The van der Waals surface area contributed by atoms with Crippen LogP contribution < -0.4 is 5.43 Å². The van der Waals surface area contributed by atoms with Gasteiger partial charge in [0.2, 0.25) is 0 Å². The first-order chi connectivity index (χ1) is 12.6. The van der Waals surface area contributed by atoms with Crippen LogP contribution in [-0.4, -0.2) is 62.5 Å². The fourth-order valence-corrected chi connectivity index (χ4v) is 3.29. The van der Waals surface area contributed by atoms with Crippen molar-refractivity contribution in [3.05, 3.63) is 23.0 Å². The molecule has 0 unspecified atom stereocenters. The van der Waals surface area contributed by atoms with E-state index in [2.05, 4.69) is 15.4 Å². The van der Waals surface area contributed by atoms with Crippen molar-refractivity contribution >= 4 is 11.9 Å². The quantitative estimate of drug-likeness (QED) is 0.595. The lowest BCUT2D eigenvalue weighted by Crippen LogP contribution is -2.43. The lowest BCUT2D eigenvalue weighted by molar-refractivity contribution is -0.140. The lowest BCUT2D eigenvalue weighted by atomic mass is 10.0. The van der Waals surface area contributed by atoms with Crippen molar-refractivity contribution in [2.45, 2.75) is 44.7 Å². The molecule has 1 fully saturated rings. The van der Waals surface area contributed by atoms with Crippen LogP contribution in [0.3, 0.4) is 0 Å². The van der Waals surface area contributed by atoms with Crippen molar-refractivity contribution in [2.24, 2.45) is 0 Å². The van der Waals surface area contributed by atoms with E-state index in [0.29, 0.717) is 25.6 Å². The summed E-state index contributed by atoms with van der Waals surface area (Å²) in [5.74, 6) is -0.571. The summed E-state index contributed by atoms with van der Waals surface area (Å²) in [5.41, 5.74) is 6.18. The first kappa shape index (κ1) is 20.4. The first-order valence-corrected chi connectivity index (χ1v) is 8.89. The molecule has 26 heavy (non-hydrogen) atoms. The van der Waals surface area contributed by atoms with Crippen LogP contribution >= 0.6 is 0 Å². The van der Waals surface area contributed by atoms with Gasteiger partial charge in [-0.2, -0.15) is 0 Å². The number of aryl methyl sites for hydroxylation is 1. The number of carbonyl (C=O) groups excluding carboxylic acids is 2. The Hall–Kier alpha value is -1.90. The zero-order valence-corrected chi connectivity index (χ0v) is 15.8. The molecule has 8 nitrogen and oxygen atoms in total. The number of hydrogen-bond acceptors (Lipinski definition) is 7. The number of rotatable bonds is 10. The summed E-state index contributed by atoms with van der Waals surface area (Å²) in [6.07, 6.45) is 5.06. The predicted molar refractivity (Wildman–Crippen MR) is 95.3 cm³/mol. The largest absolute Gasteiger partial charge is 0.469 e. The molecule has 1 saturated heterocycles. The molecule has 8 heteroatoms. The number of ether oxygens (including phenoxy) is 3. The molecule has 0 radical (unpaired) electrons. The molecule has 1 aliphatic heterocycles. The number of aromatic amines is 1. The molecule has 0 bridgehead atoms. The van der Waals surface area contributed by atoms with Gasteiger partial charge in [0, 0.05) is 38.0 Å². The summed E-state index contributed by atoms with van der Waals surface area (Å²) < 4.78 is 14.8. The second kappa shape index (κ2) is 10.3. The van der Waals surface area contributed by atoms with Gasteiger partial charge in [-0.15, -0.1) is 0 Å². The molecule has 2 rings (SSSR count). The van der Waals surface area contributed by atoms with Gasteiger partial charge in [0.15, 0.2) is 0 Å². The summed E-state index contributed by atoms with van der Waals surface area (Å²) in [6, 6.07) is 0.359. The third-order valence-corrected chi connectivity index (χ3v) is 4.74. The summed E-state index contributed by atoms with van der Waals surface area (Å²) in [6.45, 7) is 2.23. The van der Waals surface area contributed by atoms with E-state index >= 15 is 0 Å². The number of carbonyl (C=O) groups is 2. The Bertz CT molecular complexity index is 602. The van der Waals surface area contributed by atoms with Crippen molar-refractivity contribution in [3.8, 4) is 0 Å². The van der Waals surface area contributed by atoms with E-state index in [0.717, 1.165) is 36.2 Å². The van der Waals surface area contributed by atoms with Crippen molar-refractivity contribution in [3.63, 3.8) is 0 Å². The standard InChI is InChI=1S/C18H29N3O5/c1-24-12-14-5-4-8-21(14)20-11-16-15(9-18(23)26-3)13(10-19-16)6-7-17(22)25-2/h10,14,19-20H,4-9,11-12H2,1-3H3/t14-/m0/s1. The van der Waals surface area contributed by atoms with Crippen LogP contribution in [0.25, 0.3) is 0 Å². The zero-order chi connectivity index (χ0) is 18.9. The van der Waals surface area contributed by atoms with E-state index < -0.39 is 0 Å².